The monoisotopic (exact) mass is 414 g/mol. The SMILES string of the molecule is COc1ccccc1C=Nc1nc2c(s1)Cc1c(Br)ccc(OC)c1-2. The molecular weight excluding hydrogens is 400 g/mol. The molecule has 0 saturated carbocycles. The molecule has 3 aromatic rings. The van der Waals surface area contributed by atoms with E-state index in [9.17, 15) is 0 Å². The van der Waals surface area contributed by atoms with Crippen LogP contribution in [0.1, 0.15) is 16.0 Å². The van der Waals surface area contributed by atoms with E-state index in [0.29, 0.717) is 0 Å². The smallest absolute Gasteiger partial charge is 0.209 e. The second kappa shape index (κ2) is 6.61. The third-order valence-corrected chi connectivity index (χ3v) is 5.86. The maximum Gasteiger partial charge on any atom is 0.209 e. The van der Waals surface area contributed by atoms with Gasteiger partial charge < -0.3 is 9.47 Å². The van der Waals surface area contributed by atoms with Gasteiger partial charge in [-0.25, -0.2) is 9.98 Å². The Bertz CT molecular complexity index is 982. The average molecular weight is 415 g/mol. The summed E-state index contributed by atoms with van der Waals surface area (Å²) >= 11 is 5.24. The van der Waals surface area contributed by atoms with Crippen molar-refractivity contribution in [1.82, 2.24) is 4.98 Å². The molecule has 25 heavy (non-hydrogen) atoms. The third kappa shape index (κ3) is 2.85. The van der Waals surface area contributed by atoms with Crippen LogP contribution in [0.3, 0.4) is 0 Å². The molecule has 0 amide bonds. The summed E-state index contributed by atoms with van der Waals surface area (Å²) in [6, 6.07) is 11.8. The van der Waals surface area contributed by atoms with Crippen molar-refractivity contribution in [3.8, 4) is 22.8 Å². The Morgan fingerprint density at radius 2 is 1.92 bits per heavy atom. The number of halogens is 1. The standard InChI is InChI=1S/C19H15BrN2O2S/c1-23-14-6-4-3-5-11(14)10-21-19-22-18-16(25-19)9-12-13(20)7-8-15(24-2)17(12)18/h3-8,10H,9H2,1-2H3. The first-order valence-corrected chi connectivity index (χ1v) is 9.34. The molecule has 4 rings (SSSR count). The highest BCUT2D eigenvalue weighted by Gasteiger charge is 2.28. The van der Waals surface area contributed by atoms with Gasteiger partial charge in [0, 0.05) is 33.1 Å². The lowest BCUT2D eigenvalue weighted by molar-refractivity contribution is 0.414. The first-order valence-electron chi connectivity index (χ1n) is 7.73. The average Bonchev–Trinajstić information content (AvgIpc) is 3.19. The summed E-state index contributed by atoms with van der Waals surface area (Å²) in [6.45, 7) is 0. The number of benzene rings is 2. The van der Waals surface area contributed by atoms with Gasteiger partial charge in [-0.1, -0.05) is 39.4 Å². The Morgan fingerprint density at radius 1 is 1.12 bits per heavy atom. The van der Waals surface area contributed by atoms with Crippen LogP contribution in [-0.2, 0) is 6.42 Å². The summed E-state index contributed by atoms with van der Waals surface area (Å²) in [5, 5.41) is 0.739. The zero-order valence-corrected chi connectivity index (χ0v) is 16.1. The zero-order valence-electron chi connectivity index (χ0n) is 13.7. The van der Waals surface area contributed by atoms with E-state index in [1.165, 1.54) is 10.4 Å². The second-order valence-electron chi connectivity index (χ2n) is 5.55. The van der Waals surface area contributed by atoms with Crippen molar-refractivity contribution < 1.29 is 9.47 Å². The fraction of sp³-hybridized carbons (Fsp3) is 0.158. The maximum atomic E-state index is 5.53. The number of nitrogens with zero attached hydrogens (tertiary/aromatic N) is 2. The lowest BCUT2D eigenvalue weighted by Crippen LogP contribution is -1.90. The predicted molar refractivity (Wildman–Crippen MR) is 105 cm³/mol. The first-order chi connectivity index (χ1) is 12.2. The molecule has 126 valence electrons. The molecule has 0 N–H and O–H groups in total. The van der Waals surface area contributed by atoms with Crippen LogP contribution >= 0.6 is 27.3 Å². The Morgan fingerprint density at radius 3 is 2.72 bits per heavy atom. The molecule has 4 nitrogen and oxygen atoms in total. The van der Waals surface area contributed by atoms with E-state index < -0.39 is 0 Å². The van der Waals surface area contributed by atoms with E-state index in [-0.39, 0.29) is 0 Å². The molecule has 0 radical (unpaired) electrons. The summed E-state index contributed by atoms with van der Waals surface area (Å²) in [4.78, 5) is 10.5. The van der Waals surface area contributed by atoms with Gasteiger partial charge >= 0.3 is 0 Å². The minimum absolute atomic E-state index is 0.739. The number of thiazole rings is 1. The van der Waals surface area contributed by atoms with Crippen LogP contribution in [0.4, 0.5) is 5.13 Å². The van der Waals surface area contributed by atoms with Crippen LogP contribution in [0.5, 0.6) is 11.5 Å². The van der Waals surface area contributed by atoms with Crippen molar-refractivity contribution in [3.05, 3.63) is 56.9 Å². The molecule has 2 aromatic carbocycles. The third-order valence-electron chi connectivity index (χ3n) is 4.15. The van der Waals surface area contributed by atoms with Gasteiger partial charge in [0.2, 0.25) is 5.13 Å². The number of ether oxygens (including phenoxy) is 2. The molecule has 0 bridgehead atoms. The van der Waals surface area contributed by atoms with Crippen molar-refractivity contribution >= 4 is 38.6 Å². The highest BCUT2D eigenvalue weighted by molar-refractivity contribution is 9.10. The topological polar surface area (TPSA) is 43.7 Å². The molecule has 0 atom stereocenters. The second-order valence-corrected chi connectivity index (χ2v) is 7.46. The molecule has 0 saturated heterocycles. The maximum absolute atomic E-state index is 5.53. The summed E-state index contributed by atoms with van der Waals surface area (Å²) < 4.78 is 12.0. The van der Waals surface area contributed by atoms with Gasteiger partial charge in [0.15, 0.2) is 0 Å². The van der Waals surface area contributed by atoms with Gasteiger partial charge in [0.1, 0.15) is 11.5 Å². The van der Waals surface area contributed by atoms with Gasteiger partial charge in [0.25, 0.3) is 0 Å². The normalized spacial score (nSPS) is 12.3. The number of aromatic nitrogens is 1. The Hall–Kier alpha value is -2.18. The van der Waals surface area contributed by atoms with E-state index in [1.807, 2.05) is 36.4 Å². The van der Waals surface area contributed by atoms with Crippen molar-refractivity contribution in [2.45, 2.75) is 6.42 Å². The Balaban J connectivity index is 1.71. The Labute approximate surface area is 158 Å². The van der Waals surface area contributed by atoms with Gasteiger partial charge in [-0.05, 0) is 29.8 Å². The molecule has 1 aliphatic rings. The van der Waals surface area contributed by atoms with Crippen LogP contribution < -0.4 is 9.47 Å². The van der Waals surface area contributed by atoms with Crippen molar-refractivity contribution in [1.29, 1.82) is 0 Å². The molecule has 0 fully saturated rings. The molecule has 0 aliphatic heterocycles. The Kier molecular flexibility index (Phi) is 4.31. The highest BCUT2D eigenvalue weighted by Crippen LogP contribution is 2.48. The molecule has 0 spiro atoms. The van der Waals surface area contributed by atoms with E-state index in [4.69, 9.17) is 14.5 Å². The van der Waals surface area contributed by atoms with Crippen molar-refractivity contribution in [2.24, 2.45) is 4.99 Å². The molecule has 6 heteroatoms. The fourth-order valence-electron chi connectivity index (χ4n) is 2.97. The van der Waals surface area contributed by atoms with E-state index in [2.05, 4.69) is 20.9 Å². The van der Waals surface area contributed by atoms with Crippen LogP contribution in [0.15, 0.2) is 45.9 Å². The number of hydrogen-bond acceptors (Lipinski definition) is 5. The fourth-order valence-corrected chi connectivity index (χ4v) is 4.37. The molecule has 1 heterocycles. The number of para-hydroxylation sites is 1. The first kappa shape index (κ1) is 16.3. The number of methoxy groups -OCH3 is 2. The van der Waals surface area contributed by atoms with E-state index >= 15 is 0 Å². The van der Waals surface area contributed by atoms with E-state index in [1.54, 1.807) is 31.8 Å². The summed E-state index contributed by atoms with van der Waals surface area (Å²) in [5.41, 5.74) is 4.21. The van der Waals surface area contributed by atoms with E-state index in [0.717, 1.165) is 44.3 Å². The number of rotatable bonds is 4. The minimum Gasteiger partial charge on any atom is -0.496 e. The molecule has 1 aromatic heterocycles. The molecule has 1 aliphatic carbocycles. The van der Waals surface area contributed by atoms with Crippen molar-refractivity contribution in [2.75, 3.05) is 14.2 Å². The lowest BCUT2D eigenvalue weighted by Gasteiger charge is -2.08. The predicted octanol–water partition coefficient (Wildman–Crippen LogP) is 5.24. The highest BCUT2D eigenvalue weighted by atomic mass is 79.9. The number of fused-ring (bicyclic) bond motifs is 3. The largest absolute Gasteiger partial charge is 0.496 e. The minimum atomic E-state index is 0.739. The summed E-state index contributed by atoms with van der Waals surface area (Å²) in [6.07, 6.45) is 2.65. The van der Waals surface area contributed by atoms with Gasteiger partial charge in [-0.15, -0.1) is 0 Å². The van der Waals surface area contributed by atoms with Gasteiger partial charge in [-0.3, -0.25) is 0 Å². The van der Waals surface area contributed by atoms with Crippen molar-refractivity contribution in [3.63, 3.8) is 0 Å². The quantitative estimate of drug-likeness (QED) is 0.428. The van der Waals surface area contributed by atoms with Crippen LogP contribution in [0.25, 0.3) is 11.3 Å². The summed E-state index contributed by atoms with van der Waals surface area (Å²) in [5.74, 6) is 1.65. The molecular formula is C19H15BrN2O2S. The van der Waals surface area contributed by atoms with Crippen LogP contribution in [0, 0.1) is 0 Å². The summed E-state index contributed by atoms with van der Waals surface area (Å²) in [7, 11) is 3.35. The van der Waals surface area contributed by atoms with Crippen LogP contribution in [0.2, 0.25) is 0 Å². The molecule has 0 unspecified atom stereocenters. The number of aliphatic imine (C=N–C) groups is 1. The zero-order chi connectivity index (χ0) is 17.4. The number of hydrogen-bond donors (Lipinski definition) is 0. The van der Waals surface area contributed by atoms with Crippen LogP contribution in [-0.4, -0.2) is 25.4 Å². The van der Waals surface area contributed by atoms with Gasteiger partial charge in [0.05, 0.1) is 19.9 Å². The lowest BCUT2D eigenvalue weighted by atomic mass is 10.1. The van der Waals surface area contributed by atoms with Gasteiger partial charge in [-0.2, -0.15) is 0 Å².